The minimum atomic E-state index is -4.02. The van der Waals surface area contributed by atoms with E-state index in [-0.39, 0.29) is 16.3 Å². The Morgan fingerprint density at radius 3 is 2.07 bits per heavy atom. The number of rotatable bonds is 7. The molecular formula is C17H17ClFNO5S2. The maximum Gasteiger partial charge on any atom is 0.238 e. The lowest BCUT2D eigenvalue weighted by atomic mass is 10.3. The lowest BCUT2D eigenvalue weighted by molar-refractivity contribution is -0.120. The quantitative estimate of drug-likeness (QED) is 0.675. The van der Waals surface area contributed by atoms with Crippen LogP contribution in [0.1, 0.15) is 6.92 Å². The van der Waals surface area contributed by atoms with Crippen molar-refractivity contribution in [3.63, 3.8) is 0 Å². The molecule has 1 atom stereocenters. The van der Waals surface area contributed by atoms with Gasteiger partial charge < -0.3 is 5.32 Å². The molecule has 0 aliphatic carbocycles. The molecule has 27 heavy (non-hydrogen) atoms. The Bertz CT molecular complexity index is 1020. The van der Waals surface area contributed by atoms with Crippen molar-refractivity contribution in [1.29, 1.82) is 0 Å². The van der Waals surface area contributed by atoms with E-state index in [9.17, 15) is 26.0 Å². The Morgan fingerprint density at radius 2 is 1.52 bits per heavy atom. The van der Waals surface area contributed by atoms with Gasteiger partial charge in [-0.05, 0) is 55.5 Å². The van der Waals surface area contributed by atoms with Crippen LogP contribution in [0, 0.1) is 5.82 Å². The number of amides is 1. The molecular weight excluding hydrogens is 417 g/mol. The van der Waals surface area contributed by atoms with E-state index >= 15 is 0 Å². The average Bonchev–Trinajstić information content (AvgIpc) is 2.61. The number of sulfone groups is 2. The monoisotopic (exact) mass is 433 g/mol. The van der Waals surface area contributed by atoms with E-state index in [1.165, 1.54) is 31.2 Å². The van der Waals surface area contributed by atoms with Crippen LogP contribution < -0.4 is 5.32 Å². The van der Waals surface area contributed by atoms with Gasteiger partial charge in [-0.1, -0.05) is 11.6 Å². The predicted molar refractivity (Wildman–Crippen MR) is 99.6 cm³/mol. The van der Waals surface area contributed by atoms with Gasteiger partial charge in [0.2, 0.25) is 5.91 Å². The van der Waals surface area contributed by atoms with E-state index in [0.717, 1.165) is 24.3 Å². The van der Waals surface area contributed by atoms with Crippen molar-refractivity contribution in [1.82, 2.24) is 5.32 Å². The highest BCUT2D eigenvalue weighted by Crippen LogP contribution is 2.17. The summed E-state index contributed by atoms with van der Waals surface area (Å²) in [7, 11) is -7.68. The van der Waals surface area contributed by atoms with Crippen LogP contribution in [0.3, 0.4) is 0 Å². The highest BCUT2D eigenvalue weighted by atomic mass is 35.5. The van der Waals surface area contributed by atoms with Gasteiger partial charge in [-0.2, -0.15) is 0 Å². The zero-order valence-corrected chi connectivity index (χ0v) is 16.6. The van der Waals surface area contributed by atoms with Gasteiger partial charge in [-0.3, -0.25) is 4.79 Å². The van der Waals surface area contributed by atoms with Crippen LogP contribution in [0.2, 0.25) is 5.02 Å². The summed E-state index contributed by atoms with van der Waals surface area (Å²) in [6.07, 6.45) is 0. The van der Waals surface area contributed by atoms with Crippen LogP contribution in [-0.2, 0) is 24.5 Å². The molecule has 0 fully saturated rings. The van der Waals surface area contributed by atoms with Crippen molar-refractivity contribution < 1.29 is 26.0 Å². The first-order chi connectivity index (χ1) is 12.5. The fourth-order valence-corrected chi connectivity index (χ4v) is 4.75. The summed E-state index contributed by atoms with van der Waals surface area (Å²) in [6.45, 7) is 0.925. The summed E-state index contributed by atoms with van der Waals surface area (Å²) in [6, 6.07) is 9.67. The van der Waals surface area contributed by atoms with E-state index in [1.54, 1.807) is 0 Å². The average molecular weight is 434 g/mol. The Balaban J connectivity index is 2.00. The molecule has 2 rings (SSSR count). The second kappa shape index (κ2) is 8.37. The van der Waals surface area contributed by atoms with Crippen LogP contribution in [-0.4, -0.2) is 40.3 Å². The number of carbonyl (C=O) groups excluding carboxylic acids is 1. The highest BCUT2D eigenvalue weighted by molar-refractivity contribution is 7.92. The van der Waals surface area contributed by atoms with E-state index in [4.69, 9.17) is 11.6 Å². The molecule has 0 radical (unpaired) electrons. The van der Waals surface area contributed by atoms with Crippen molar-refractivity contribution in [3.05, 3.63) is 59.4 Å². The first-order valence-electron chi connectivity index (χ1n) is 7.79. The molecule has 0 aliphatic rings. The maximum absolute atomic E-state index is 12.9. The molecule has 1 unspecified atom stereocenters. The molecule has 0 heterocycles. The third kappa shape index (κ3) is 5.27. The van der Waals surface area contributed by atoms with Gasteiger partial charge in [-0.15, -0.1) is 0 Å². The Hall–Kier alpha value is -1.97. The van der Waals surface area contributed by atoms with E-state index in [2.05, 4.69) is 5.32 Å². The maximum atomic E-state index is 12.9. The molecule has 0 saturated carbocycles. The van der Waals surface area contributed by atoms with E-state index in [1.807, 2.05) is 0 Å². The smallest absolute Gasteiger partial charge is 0.238 e. The summed E-state index contributed by atoms with van der Waals surface area (Å²) in [5.41, 5.74) is 0. The Morgan fingerprint density at radius 1 is 1.00 bits per heavy atom. The van der Waals surface area contributed by atoms with Crippen LogP contribution in [0.25, 0.3) is 0 Å². The van der Waals surface area contributed by atoms with Gasteiger partial charge in [-0.25, -0.2) is 21.2 Å². The van der Waals surface area contributed by atoms with Gasteiger partial charge in [0.1, 0.15) is 11.1 Å². The molecule has 0 aromatic heterocycles. The largest absolute Gasteiger partial charge is 0.354 e. The lowest BCUT2D eigenvalue weighted by Gasteiger charge is -2.13. The Labute approximate surface area is 162 Å². The number of carbonyl (C=O) groups is 1. The standard InChI is InChI=1S/C17H17ClFNO5S2/c1-12(27(24,25)16-8-4-14(19)5-9-16)17(21)20-10-11-26(22,23)15-6-2-13(18)3-7-15/h2-9,12H,10-11H2,1H3,(H,20,21). The second-order valence-corrected chi connectivity index (χ2v) is 10.5. The van der Waals surface area contributed by atoms with Gasteiger partial charge in [0.25, 0.3) is 0 Å². The zero-order chi connectivity index (χ0) is 20.2. The fraction of sp³-hybridized carbons (Fsp3) is 0.235. The third-order valence-corrected chi connectivity index (χ3v) is 7.88. The molecule has 0 saturated heterocycles. The van der Waals surface area contributed by atoms with Crippen molar-refractivity contribution in [2.45, 2.75) is 22.0 Å². The number of hydrogen-bond acceptors (Lipinski definition) is 5. The molecule has 0 bridgehead atoms. The predicted octanol–water partition coefficient (Wildman–Crippen LogP) is 2.23. The molecule has 1 N–H and O–H groups in total. The van der Waals surface area contributed by atoms with Crippen molar-refractivity contribution in [2.75, 3.05) is 12.3 Å². The highest BCUT2D eigenvalue weighted by Gasteiger charge is 2.29. The Kier molecular flexibility index (Phi) is 6.61. The van der Waals surface area contributed by atoms with Crippen LogP contribution >= 0.6 is 11.6 Å². The van der Waals surface area contributed by atoms with Crippen molar-refractivity contribution >= 4 is 37.2 Å². The zero-order valence-electron chi connectivity index (χ0n) is 14.2. The summed E-state index contributed by atoms with van der Waals surface area (Å²) < 4.78 is 62.1. The first kappa shape index (κ1) is 21.3. The second-order valence-electron chi connectivity index (χ2n) is 5.70. The summed E-state index contributed by atoms with van der Waals surface area (Å²) >= 11 is 5.71. The van der Waals surface area contributed by atoms with Crippen molar-refractivity contribution in [3.8, 4) is 0 Å². The molecule has 0 spiro atoms. The molecule has 146 valence electrons. The van der Waals surface area contributed by atoms with E-state index in [0.29, 0.717) is 5.02 Å². The first-order valence-corrected chi connectivity index (χ1v) is 11.4. The van der Waals surface area contributed by atoms with E-state index < -0.39 is 42.4 Å². The number of benzene rings is 2. The summed E-state index contributed by atoms with van der Waals surface area (Å²) in [5, 5.41) is 1.24. The van der Waals surface area contributed by atoms with Gasteiger partial charge in [0, 0.05) is 11.6 Å². The van der Waals surface area contributed by atoms with Crippen LogP contribution in [0.5, 0.6) is 0 Å². The molecule has 0 aliphatic heterocycles. The van der Waals surface area contributed by atoms with Crippen molar-refractivity contribution in [2.24, 2.45) is 0 Å². The molecule has 10 heteroatoms. The van der Waals surface area contributed by atoms with Gasteiger partial charge >= 0.3 is 0 Å². The minimum Gasteiger partial charge on any atom is -0.354 e. The lowest BCUT2D eigenvalue weighted by Crippen LogP contribution is -2.39. The molecule has 6 nitrogen and oxygen atoms in total. The van der Waals surface area contributed by atoms with Crippen LogP contribution in [0.15, 0.2) is 58.3 Å². The molecule has 1 amide bonds. The minimum absolute atomic E-state index is 0.0492. The third-order valence-electron chi connectivity index (χ3n) is 3.82. The number of halogens is 2. The SMILES string of the molecule is CC(C(=O)NCCS(=O)(=O)c1ccc(Cl)cc1)S(=O)(=O)c1ccc(F)cc1. The van der Waals surface area contributed by atoms with Gasteiger partial charge in [0.05, 0.1) is 15.5 Å². The number of nitrogens with one attached hydrogen (secondary N) is 1. The van der Waals surface area contributed by atoms with Gasteiger partial charge in [0.15, 0.2) is 19.7 Å². The number of hydrogen-bond donors (Lipinski definition) is 1. The normalized spacial score (nSPS) is 13.1. The summed E-state index contributed by atoms with van der Waals surface area (Å²) in [5.74, 6) is -1.84. The molecule has 2 aromatic carbocycles. The molecule has 2 aromatic rings. The summed E-state index contributed by atoms with van der Waals surface area (Å²) in [4.78, 5) is 12.0. The topological polar surface area (TPSA) is 97.4 Å². The van der Waals surface area contributed by atoms with Crippen LogP contribution in [0.4, 0.5) is 4.39 Å². The fourth-order valence-electron chi connectivity index (χ4n) is 2.18.